The van der Waals surface area contributed by atoms with E-state index in [1.807, 2.05) is 18.5 Å². The van der Waals surface area contributed by atoms with E-state index in [-0.39, 0.29) is 13.0 Å². The molecule has 0 aliphatic carbocycles. The van der Waals surface area contributed by atoms with Crippen LogP contribution >= 0.6 is 11.6 Å². The molecule has 0 unspecified atom stereocenters. The molecule has 1 aromatic carbocycles. The number of aryl methyl sites for hydroxylation is 1. The number of hydrogen-bond acceptors (Lipinski definition) is 4. The van der Waals surface area contributed by atoms with Gasteiger partial charge >= 0.3 is 5.97 Å². The van der Waals surface area contributed by atoms with Crippen molar-refractivity contribution in [3.8, 4) is 0 Å². The minimum atomic E-state index is -0.452. The molecule has 1 amide bonds. The minimum Gasteiger partial charge on any atom is -0.455 e. The van der Waals surface area contributed by atoms with Crippen LogP contribution in [0.2, 0.25) is 5.02 Å². The van der Waals surface area contributed by atoms with Gasteiger partial charge in [0.1, 0.15) is 0 Å². The third-order valence-corrected chi connectivity index (χ3v) is 4.13. The summed E-state index contributed by atoms with van der Waals surface area (Å²) in [6.07, 6.45) is 0.101. The van der Waals surface area contributed by atoms with Gasteiger partial charge in [-0.1, -0.05) is 25.4 Å². The molecule has 7 heteroatoms. The molecule has 2 aromatic rings. The first-order valence-corrected chi connectivity index (χ1v) is 8.88. The molecule has 140 valence electrons. The molecule has 1 aromatic heterocycles. The van der Waals surface area contributed by atoms with Gasteiger partial charge in [-0.15, -0.1) is 0 Å². The smallest absolute Gasteiger partial charge is 0.310 e. The van der Waals surface area contributed by atoms with Crippen LogP contribution in [0.1, 0.15) is 30.8 Å². The van der Waals surface area contributed by atoms with Crippen molar-refractivity contribution < 1.29 is 14.3 Å². The van der Waals surface area contributed by atoms with Gasteiger partial charge in [0, 0.05) is 28.5 Å². The Kier molecular flexibility index (Phi) is 6.80. The largest absolute Gasteiger partial charge is 0.455 e. The summed E-state index contributed by atoms with van der Waals surface area (Å²) in [4.78, 5) is 24.0. The summed E-state index contributed by atoms with van der Waals surface area (Å²) in [6.45, 7) is 8.51. The van der Waals surface area contributed by atoms with Crippen LogP contribution < -0.4 is 5.32 Å². The summed E-state index contributed by atoms with van der Waals surface area (Å²) in [5.74, 6) is -0.388. The number of ether oxygens (including phenoxy) is 1. The molecule has 6 nitrogen and oxygen atoms in total. The van der Waals surface area contributed by atoms with E-state index in [4.69, 9.17) is 16.3 Å². The maximum atomic E-state index is 12.1. The Hall–Kier alpha value is -2.34. The average molecular weight is 378 g/mol. The second-order valence-electron chi connectivity index (χ2n) is 6.62. The van der Waals surface area contributed by atoms with Crippen LogP contribution in [-0.2, 0) is 27.3 Å². The predicted octanol–water partition coefficient (Wildman–Crippen LogP) is 3.53. The summed E-state index contributed by atoms with van der Waals surface area (Å²) in [5, 5.41) is 7.71. The van der Waals surface area contributed by atoms with Crippen molar-refractivity contribution in [3.05, 3.63) is 46.2 Å². The number of carbonyl (C=O) groups is 2. The lowest BCUT2D eigenvalue weighted by Crippen LogP contribution is -2.21. The summed E-state index contributed by atoms with van der Waals surface area (Å²) >= 11 is 5.79. The zero-order chi connectivity index (χ0) is 19.3. The standard InChI is InChI=1S/C19H24ClN3O3/c1-12(2)10-23-14(4)17(13(3)22-23)9-19(25)26-11-18(24)21-16-7-5-15(20)6-8-16/h5-8,12H,9-11H2,1-4H3,(H,21,24). The van der Waals surface area contributed by atoms with Crippen molar-refractivity contribution in [3.63, 3.8) is 0 Å². The summed E-state index contributed by atoms with van der Waals surface area (Å²) in [5.41, 5.74) is 3.22. The van der Waals surface area contributed by atoms with Crippen molar-refractivity contribution in [2.75, 3.05) is 11.9 Å². The molecule has 0 aliphatic heterocycles. The highest BCUT2D eigenvalue weighted by Crippen LogP contribution is 2.16. The topological polar surface area (TPSA) is 73.2 Å². The van der Waals surface area contributed by atoms with Crippen molar-refractivity contribution in [1.29, 1.82) is 0 Å². The Morgan fingerprint density at radius 2 is 1.88 bits per heavy atom. The van der Waals surface area contributed by atoms with E-state index in [2.05, 4.69) is 24.3 Å². The number of anilines is 1. The van der Waals surface area contributed by atoms with Gasteiger partial charge in [-0.2, -0.15) is 5.10 Å². The summed E-state index contributed by atoms with van der Waals surface area (Å²) in [7, 11) is 0. The number of nitrogens with zero attached hydrogens (tertiary/aromatic N) is 2. The van der Waals surface area contributed by atoms with Gasteiger partial charge in [0.2, 0.25) is 0 Å². The van der Waals surface area contributed by atoms with Gasteiger partial charge in [0.05, 0.1) is 12.1 Å². The number of amides is 1. The molecule has 0 bridgehead atoms. The van der Waals surface area contributed by atoms with E-state index in [0.717, 1.165) is 23.5 Å². The van der Waals surface area contributed by atoms with Crippen LogP contribution in [0.4, 0.5) is 5.69 Å². The number of rotatable bonds is 7. The Morgan fingerprint density at radius 3 is 2.50 bits per heavy atom. The van der Waals surface area contributed by atoms with Crippen LogP contribution in [0.25, 0.3) is 0 Å². The van der Waals surface area contributed by atoms with Crippen LogP contribution in [-0.4, -0.2) is 28.3 Å². The molecule has 0 fully saturated rings. The molecule has 26 heavy (non-hydrogen) atoms. The SMILES string of the molecule is Cc1nn(CC(C)C)c(C)c1CC(=O)OCC(=O)Nc1ccc(Cl)cc1. The number of benzene rings is 1. The van der Waals surface area contributed by atoms with Crippen molar-refractivity contribution in [1.82, 2.24) is 9.78 Å². The van der Waals surface area contributed by atoms with Crippen molar-refractivity contribution in [2.24, 2.45) is 5.92 Å². The lowest BCUT2D eigenvalue weighted by molar-refractivity contribution is -0.146. The Bertz CT molecular complexity index is 782. The maximum absolute atomic E-state index is 12.1. The second kappa shape index (κ2) is 8.85. The van der Waals surface area contributed by atoms with Gasteiger partial charge in [-0.25, -0.2) is 0 Å². The summed E-state index contributed by atoms with van der Waals surface area (Å²) in [6, 6.07) is 6.70. The molecule has 1 N–H and O–H groups in total. The van der Waals surface area contributed by atoms with Crippen molar-refractivity contribution in [2.45, 2.75) is 40.7 Å². The van der Waals surface area contributed by atoms with Crippen LogP contribution in [0.15, 0.2) is 24.3 Å². The number of aromatic nitrogens is 2. The molecule has 0 spiro atoms. The molecule has 2 rings (SSSR count). The van der Waals surface area contributed by atoms with E-state index >= 15 is 0 Å². The highest BCUT2D eigenvalue weighted by Gasteiger charge is 2.17. The Balaban J connectivity index is 1.87. The number of esters is 1. The number of carbonyl (C=O) groups excluding carboxylic acids is 2. The summed E-state index contributed by atoms with van der Waals surface area (Å²) < 4.78 is 7.00. The van der Waals surface area contributed by atoms with E-state index in [0.29, 0.717) is 16.6 Å². The maximum Gasteiger partial charge on any atom is 0.310 e. The molecule has 0 saturated carbocycles. The minimum absolute atomic E-state index is 0.101. The number of hydrogen-bond donors (Lipinski definition) is 1. The highest BCUT2D eigenvalue weighted by atomic mass is 35.5. The average Bonchev–Trinajstić information content (AvgIpc) is 2.82. The van der Waals surface area contributed by atoms with Crippen molar-refractivity contribution >= 4 is 29.2 Å². The first-order valence-electron chi connectivity index (χ1n) is 8.50. The Morgan fingerprint density at radius 1 is 1.23 bits per heavy atom. The first kappa shape index (κ1) is 20.0. The number of nitrogens with one attached hydrogen (secondary N) is 1. The van der Waals surface area contributed by atoms with Gasteiger partial charge in [-0.05, 0) is 44.0 Å². The zero-order valence-electron chi connectivity index (χ0n) is 15.5. The molecule has 0 radical (unpaired) electrons. The van der Waals surface area contributed by atoms with E-state index < -0.39 is 11.9 Å². The molecule has 0 atom stereocenters. The zero-order valence-corrected chi connectivity index (χ0v) is 16.3. The van der Waals surface area contributed by atoms with E-state index in [1.54, 1.807) is 24.3 Å². The second-order valence-corrected chi connectivity index (χ2v) is 7.05. The normalized spacial score (nSPS) is 10.8. The van der Waals surface area contributed by atoms with Crippen LogP contribution in [0.5, 0.6) is 0 Å². The lowest BCUT2D eigenvalue weighted by Gasteiger charge is -2.08. The molecule has 1 heterocycles. The fraction of sp³-hybridized carbons (Fsp3) is 0.421. The third-order valence-electron chi connectivity index (χ3n) is 3.88. The van der Waals surface area contributed by atoms with Crippen LogP contribution in [0.3, 0.4) is 0 Å². The van der Waals surface area contributed by atoms with E-state index in [1.165, 1.54) is 0 Å². The molecule has 0 saturated heterocycles. The van der Waals surface area contributed by atoms with E-state index in [9.17, 15) is 9.59 Å². The van der Waals surface area contributed by atoms with Gasteiger partial charge in [-0.3, -0.25) is 14.3 Å². The predicted molar refractivity (Wildman–Crippen MR) is 101 cm³/mol. The fourth-order valence-electron chi connectivity index (χ4n) is 2.59. The number of halogens is 1. The molecular weight excluding hydrogens is 354 g/mol. The third kappa shape index (κ3) is 5.59. The highest BCUT2D eigenvalue weighted by molar-refractivity contribution is 6.30. The molecular formula is C19H24ClN3O3. The monoisotopic (exact) mass is 377 g/mol. The van der Waals surface area contributed by atoms with Gasteiger partial charge in [0.15, 0.2) is 6.61 Å². The first-order chi connectivity index (χ1) is 12.3. The van der Waals surface area contributed by atoms with Crippen LogP contribution in [0, 0.1) is 19.8 Å². The lowest BCUT2D eigenvalue weighted by atomic mass is 10.1. The van der Waals surface area contributed by atoms with Gasteiger partial charge in [0.25, 0.3) is 5.91 Å². The molecule has 0 aliphatic rings. The quantitative estimate of drug-likeness (QED) is 0.749. The fourth-order valence-corrected chi connectivity index (χ4v) is 2.71. The Labute approximate surface area is 158 Å². The van der Waals surface area contributed by atoms with Gasteiger partial charge < -0.3 is 10.1 Å².